The second-order valence-electron chi connectivity index (χ2n) is 6.31. The number of benzene rings is 4. The average Bonchev–Trinajstić information content (AvgIpc) is 2.72. The van der Waals surface area contributed by atoms with Gasteiger partial charge in [0.05, 0.1) is 0 Å². The number of hydrogen-bond acceptors (Lipinski definition) is 1. The van der Waals surface area contributed by atoms with E-state index in [-0.39, 0.29) is 5.78 Å². The summed E-state index contributed by atoms with van der Waals surface area (Å²) in [6.07, 6.45) is 0. The van der Waals surface area contributed by atoms with Crippen molar-refractivity contribution in [3.8, 4) is 11.8 Å². The third-order valence-electron chi connectivity index (χ3n) is 4.44. The quantitative estimate of drug-likeness (QED) is 0.191. The number of fused-ring (bicyclic) bond motifs is 1. The molecule has 4 aromatic carbocycles. The lowest BCUT2D eigenvalue weighted by molar-refractivity contribution is 0.103. The molecule has 0 aliphatic carbocycles. The Balaban J connectivity index is 1.77. The first-order chi connectivity index (χ1) is 13.6. The van der Waals surface area contributed by atoms with Crippen LogP contribution in [0.15, 0.2) is 84.9 Å². The normalized spacial score (nSPS) is 10.4. The van der Waals surface area contributed by atoms with Gasteiger partial charge in [0.1, 0.15) is 5.82 Å². The number of rotatable bonds is 2. The van der Waals surface area contributed by atoms with Crippen LogP contribution in [0.3, 0.4) is 0 Å². The Morgan fingerprint density at radius 2 is 1.46 bits per heavy atom. The standard InChI is InChI=1S/C25H14FIO/c26-22-13-14-23(20(16-22)11-10-18-6-3-4-8-24(18)27)25(28)21-12-9-17-5-1-2-7-19(17)15-21/h1-9,12-16H. The SMILES string of the molecule is O=C(c1ccc2ccccc2c1)c1ccc(F)cc1C#Cc1ccccc1I. The smallest absolute Gasteiger partial charge is 0.194 e. The summed E-state index contributed by atoms with van der Waals surface area (Å²) in [5, 5.41) is 2.05. The summed E-state index contributed by atoms with van der Waals surface area (Å²) in [4.78, 5) is 13.1. The van der Waals surface area contributed by atoms with Gasteiger partial charge in [0.2, 0.25) is 0 Å². The molecule has 0 amide bonds. The van der Waals surface area contributed by atoms with Crippen LogP contribution >= 0.6 is 22.6 Å². The van der Waals surface area contributed by atoms with E-state index in [9.17, 15) is 9.18 Å². The third-order valence-corrected chi connectivity index (χ3v) is 5.38. The van der Waals surface area contributed by atoms with E-state index >= 15 is 0 Å². The molecule has 0 atom stereocenters. The molecule has 3 heteroatoms. The highest BCUT2D eigenvalue weighted by Crippen LogP contribution is 2.21. The van der Waals surface area contributed by atoms with Crippen LogP contribution < -0.4 is 0 Å². The van der Waals surface area contributed by atoms with Crippen molar-refractivity contribution in [1.82, 2.24) is 0 Å². The zero-order chi connectivity index (χ0) is 19.5. The van der Waals surface area contributed by atoms with Crippen molar-refractivity contribution in [3.63, 3.8) is 0 Å². The van der Waals surface area contributed by atoms with E-state index in [2.05, 4.69) is 34.4 Å². The predicted octanol–water partition coefficient (Wildman–Crippen LogP) is 6.21. The minimum Gasteiger partial charge on any atom is -0.289 e. The van der Waals surface area contributed by atoms with E-state index in [1.807, 2.05) is 60.7 Å². The molecule has 0 N–H and O–H groups in total. The fourth-order valence-electron chi connectivity index (χ4n) is 3.00. The van der Waals surface area contributed by atoms with Crippen LogP contribution in [-0.4, -0.2) is 5.78 Å². The molecule has 0 fully saturated rings. The molecule has 134 valence electrons. The molecule has 0 aliphatic heterocycles. The van der Waals surface area contributed by atoms with Gasteiger partial charge in [0.15, 0.2) is 5.78 Å². The molecule has 0 unspecified atom stereocenters. The maximum Gasteiger partial charge on any atom is 0.194 e. The number of carbonyl (C=O) groups is 1. The Morgan fingerprint density at radius 3 is 2.29 bits per heavy atom. The van der Waals surface area contributed by atoms with Crippen LogP contribution in [0.5, 0.6) is 0 Å². The molecule has 4 aromatic rings. The molecular formula is C25H14FIO. The van der Waals surface area contributed by atoms with Gasteiger partial charge in [0, 0.05) is 25.8 Å². The van der Waals surface area contributed by atoms with Crippen molar-refractivity contribution in [2.45, 2.75) is 0 Å². The third kappa shape index (κ3) is 3.83. The first-order valence-electron chi connectivity index (χ1n) is 8.71. The Bertz CT molecular complexity index is 1260. The molecule has 0 aliphatic rings. The second kappa shape index (κ2) is 7.95. The molecule has 28 heavy (non-hydrogen) atoms. The van der Waals surface area contributed by atoms with Gasteiger partial charge in [-0.3, -0.25) is 4.79 Å². The maximum absolute atomic E-state index is 13.8. The van der Waals surface area contributed by atoms with Crippen molar-refractivity contribution in [3.05, 3.63) is 117 Å². The molecule has 0 bridgehead atoms. The van der Waals surface area contributed by atoms with Crippen molar-refractivity contribution in [2.75, 3.05) is 0 Å². The summed E-state index contributed by atoms with van der Waals surface area (Å²) in [5.41, 5.74) is 2.19. The largest absolute Gasteiger partial charge is 0.289 e. The lowest BCUT2D eigenvalue weighted by Crippen LogP contribution is -2.04. The highest BCUT2D eigenvalue weighted by atomic mass is 127. The van der Waals surface area contributed by atoms with E-state index in [1.54, 1.807) is 6.07 Å². The van der Waals surface area contributed by atoms with Crippen molar-refractivity contribution < 1.29 is 9.18 Å². The van der Waals surface area contributed by atoms with Gasteiger partial charge in [-0.1, -0.05) is 60.4 Å². The molecule has 0 saturated heterocycles. The van der Waals surface area contributed by atoms with Crippen molar-refractivity contribution >= 4 is 39.1 Å². The molecule has 0 radical (unpaired) electrons. The van der Waals surface area contributed by atoms with E-state index in [0.29, 0.717) is 16.7 Å². The summed E-state index contributed by atoms with van der Waals surface area (Å²) in [7, 11) is 0. The minimum absolute atomic E-state index is 0.169. The fourth-order valence-corrected chi connectivity index (χ4v) is 3.52. The highest BCUT2D eigenvalue weighted by molar-refractivity contribution is 14.1. The summed E-state index contributed by atoms with van der Waals surface area (Å²) in [6.45, 7) is 0. The molecule has 0 saturated carbocycles. The Hall–Kier alpha value is -2.97. The number of hydrogen-bond donors (Lipinski definition) is 0. The van der Waals surface area contributed by atoms with Crippen molar-refractivity contribution in [1.29, 1.82) is 0 Å². The van der Waals surface area contributed by atoms with Gasteiger partial charge in [0.25, 0.3) is 0 Å². The Labute approximate surface area is 176 Å². The van der Waals surface area contributed by atoms with E-state index in [0.717, 1.165) is 19.9 Å². The van der Waals surface area contributed by atoms with Gasteiger partial charge in [-0.05, 0) is 69.8 Å². The number of carbonyl (C=O) groups excluding carboxylic acids is 1. The first-order valence-corrected chi connectivity index (χ1v) is 9.79. The Kier molecular flexibility index (Phi) is 5.23. The van der Waals surface area contributed by atoms with E-state index in [1.165, 1.54) is 18.2 Å². The fraction of sp³-hybridized carbons (Fsp3) is 0. The topological polar surface area (TPSA) is 17.1 Å². The summed E-state index contributed by atoms with van der Waals surface area (Å²) >= 11 is 2.21. The molecule has 1 nitrogen and oxygen atoms in total. The summed E-state index contributed by atoms with van der Waals surface area (Å²) in [6, 6.07) is 25.3. The molecule has 0 heterocycles. The molecule has 0 aromatic heterocycles. The first kappa shape index (κ1) is 18.4. The van der Waals surface area contributed by atoms with Crippen LogP contribution in [0, 0.1) is 21.2 Å². The van der Waals surface area contributed by atoms with Gasteiger partial charge >= 0.3 is 0 Å². The molecule has 4 rings (SSSR count). The second-order valence-corrected chi connectivity index (χ2v) is 7.47. The molecular weight excluding hydrogens is 462 g/mol. The highest BCUT2D eigenvalue weighted by Gasteiger charge is 2.14. The van der Waals surface area contributed by atoms with Gasteiger partial charge in [-0.15, -0.1) is 0 Å². The van der Waals surface area contributed by atoms with Crippen LogP contribution in [0.1, 0.15) is 27.0 Å². The summed E-state index contributed by atoms with van der Waals surface area (Å²) in [5.74, 6) is 5.46. The Morgan fingerprint density at radius 1 is 0.750 bits per heavy atom. The molecule has 0 spiro atoms. The van der Waals surface area contributed by atoms with Gasteiger partial charge in [-0.2, -0.15) is 0 Å². The van der Waals surface area contributed by atoms with Crippen molar-refractivity contribution in [2.24, 2.45) is 0 Å². The van der Waals surface area contributed by atoms with Crippen LogP contribution in [0.4, 0.5) is 4.39 Å². The lowest BCUT2D eigenvalue weighted by Gasteiger charge is -2.06. The van der Waals surface area contributed by atoms with Crippen LogP contribution in [-0.2, 0) is 0 Å². The zero-order valence-electron chi connectivity index (χ0n) is 14.7. The van der Waals surface area contributed by atoms with Crippen LogP contribution in [0.25, 0.3) is 10.8 Å². The summed E-state index contributed by atoms with van der Waals surface area (Å²) < 4.78 is 14.9. The zero-order valence-corrected chi connectivity index (χ0v) is 16.9. The number of halogens is 2. The van der Waals surface area contributed by atoms with Gasteiger partial charge < -0.3 is 0 Å². The van der Waals surface area contributed by atoms with Gasteiger partial charge in [-0.25, -0.2) is 4.39 Å². The maximum atomic E-state index is 13.8. The average molecular weight is 476 g/mol. The lowest BCUT2D eigenvalue weighted by atomic mass is 9.96. The van der Waals surface area contributed by atoms with Crippen LogP contribution in [0.2, 0.25) is 0 Å². The van der Waals surface area contributed by atoms with E-state index < -0.39 is 5.82 Å². The minimum atomic E-state index is -0.415. The number of ketones is 1. The van der Waals surface area contributed by atoms with E-state index in [4.69, 9.17) is 0 Å². The predicted molar refractivity (Wildman–Crippen MR) is 119 cm³/mol. The monoisotopic (exact) mass is 476 g/mol.